The third-order valence-corrected chi connectivity index (χ3v) is 5.04. The second-order valence-corrected chi connectivity index (χ2v) is 7.00. The normalized spacial score (nSPS) is 11.0. The summed E-state index contributed by atoms with van der Waals surface area (Å²) in [6.07, 6.45) is 2.57. The molecule has 3 aromatic rings. The number of fused-ring (bicyclic) bond motifs is 1. The molecule has 0 aliphatic carbocycles. The third-order valence-electron chi connectivity index (χ3n) is 5.04. The summed E-state index contributed by atoms with van der Waals surface area (Å²) >= 11 is 0. The van der Waals surface area contributed by atoms with Crippen molar-refractivity contribution >= 4 is 17.4 Å². The summed E-state index contributed by atoms with van der Waals surface area (Å²) in [4.78, 5) is 23.2. The van der Waals surface area contributed by atoms with Gasteiger partial charge in [0.15, 0.2) is 0 Å². The quantitative estimate of drug-likeness (QED) is 0.650. The molecule has 0 atom stereocenters. The molecule has 2 aromatic heterocycles. The van der Waals surface area contributed by atoms with E-state index in [9.17, 15) is 4.79 Å². The SMILES string of the molecule is CCN(CCNC(=O)CCc1c(C)nc2ncnn2c1C)c1cccc(C)c1. The summed E-state index contributed by atoms with van der Waals surface area (Å²) in [5, 5.41) is 7.23. The molecular weight excluding hydrogens is 352 g/mol. The number of nitrogens with one attached hydrogen (secondary N) is 1. The minimum Gasteiger partial charge on any atom is -0.370 e. The van der Waals surface area contributed by atoms with Gasteiger partial charge in [-0.1, -0.05) is 12.1 Å². The van der Waals surface area contributed by atoms with E-state index in [2.05, 4.69) is 63.4 Å². The Balaban J connectivity index is 1.52. The van der Waals surface area contributed by atoms with E-state index in [0.29, 0.717) is 25.2 Å². The first-order chi connectivity index (χ1) is 13.5. The van der Waals surface area contributed by atoms with Gasteiger partial charge in [-0.3, -0.25) is 4.79 Å². The topological polar surface area (TPSA) is 75.4 Å². The van der Waals surface area contributed by atoms with Crippen molar-refractivity contribution in [2.45, 2.75) is 40.5 Å². The smallest absolute Gasteiger partial charge is 0.252 e. The lowest BCUT2D eigenvalue weighted by atomic mass is 10.1. The number of carbonyl (C=O) groups is 1. The molecule has 28 heavy (non-hydrogen) atoms. The van der Waals surface area contributed by atoms with E-state index in [4.69, 9.17) is 0 Å². The summed E-state index contributed by atoms with van der Waals surface area (Å²) in [7, 11) is 0. The highest BCUT2D eigenvalue weighted by molar-refractivity contribution is 5.76. The number of aryl methyl sites for hydroxylation is 3. The van der Waals surface area contributed by atoms with Crippen molar-refractivity contribution in [1.82, 2.24) is 24.9 Å². The van der Waals surface area contributed by atoms with Gasteiger partial charge < -0.3 is 10.2 Å². The van der Waals surface area contributed by atoms with Gasteiger partial charge in [0.2, 0.25) is 5.91 Å². The molecule has 148 valence electrons. The summed E-state index contributed by atoms with van der Waals surface area (Å²) in [5.74, 6) is 0.650. The van der Waals surface area contributed by atoms with E-state index in [1.807, 2.05) is 13.8 Å². The highest BCUT2D eigenvalue weighted by atomic mass is 16.1. The second kappa shape index (κ2) is 8.82. The first-order valence-corrected chi connectivity index (χ1v) is 9.73. The predicted octanol–water partition coefficient (Wildman–Crippen LogP) is 2.62. The molecule has 7 heteroatoms. The van der Waals surface area contributed by atoms with Crippen LogP contribution in [0.3, 0.4) is 0 Å². The van der Waals surface area contributed by atoms with E-state index in [1.54, 1.807) is 4.52 Å². The minimum absolute atomic E-state index is 0.0535. The van der Waals surface area contributed by atoms with E-state index in [1.165, 1.54) is 17.6 Å². The van der Waals surface area contributed by atoms with Gasteiger partial charge in [-0.2, -0.15) is 10.1 Å². The van der Waals surface area contributed by atoms with Gasteiger partial charge >= 0.3 is 0 Å². The number of carbonyl (C=O) groups excluding carboxylic acids is 1. The van der Waals surface area contributed by atoms with Crippen LogP contribution < -0.4 is 10.2 Å². The average molecular weight is 380 g/mol. The number of hydrogen-bond acceptors (Lipinski definition) is 5. The van der Waals surface area contributed by atoms with Crippen LogP contribution in [0.5, 0.6) is 0 Å². The molecule has 1 amide bonds. The molecule has 0 saturated heterocycles. The number of amides is 1. The molecule has 0 radical (unpaired) electrons. The number of hydrogen-bond donors (Lipinski definition) is 1. The van der Waals surface area contributed by atoms with Crippen LogP contribution in [0.25, 0.3) is 5.78 Å². The van der Waals surface area contributed by atoms with Crippen molar-refractivity contribution < 1.29 is 4.79 Å². The van der Waals surface area contributed by atoms with Gasteiger partial charge in [0.05, 0.1) is 0 Å². The van der Waals surface area contributed by atoms with Crippen molar-refractivity contribution in [2.24, 2.45) is 0 Å². The van der Waals surface area contributed by atoms with Gasteiger partial charge in [-0.15, -0.1) is 0 Å². The molecule has 0 fully saturated rings. The lowest BCUT2D eigenvalue weighted by Crippen LogP contribution is -2.35. The molecule has 0 spiro atoms. The molecular formula is C21H28N6O. The number of anilines is 1. The summed E-state index contributed by atoms with van der Waals surface area (Å²) in [5.41, 5.74) is 5.38. The van der Waals surface area contributed by atoms with Gasteiger partial charge in [0.1, 0.15) is 6.33 Å². The van der Waals surface area contributed by atoms with Crippen molar-refractivity contribution in [3.8, 4) is 0 Å². The molecule has 0 aliphatic rings. The fourth-order valence-corrected chi connectivity index (χ4v) is 3.47. The van der Waals surface area contributed by atoms with Crippen LogP contribution in [0.1, 0.15) is 35.9 Å². The second-order valence-electron chi connectivity index (χ2n) is 7.00. The molecule has 7 nitrogen and oxygen atoms in total. The summed E-state index contributed by atoms with van der Waals surface area (Å²) in [6, 6.07) is 8.44. The van der Waals surface area contributed by atoms with Gasteiger partial charge in [0, 0.05) is 43.1 Å². The van der Waals surface area contributed by atoms with Crippen LogP contribution >= 0.6 is 0 Å². The van der Waals surface area contributed by atoms with Crippen LogP contribution in [0, 0.1) is 20.8 Å². The maximum absolute atomic E-state index is 12.3. The van der Waals surface area contributed by atoms with Crippen LogP contribution in [-0.4, -0.2) is 45.1 Å². The van der Waals surface area contributed by atoms with Crippen LogP contribution in [-0.2, 0) is 11.2 Å². The van der Waals surface area contributed by atoms with Crippen LogP contribution in [0.4, 0.5) is 5.69 Å². The fourth-order valence-electron chi connectivity index (χ4n) is 3.47. The Morgan fingerprint density at radius 3 is 2.82 bits per heavy atom. The van der Waals surface area contributed by atoms with Crippen LogP contribution in [0.2, 0.25) is 0 Å². The van der Waals surface area contributed by atoms with Crippen molar-refractivity contribution in [2.75, 3.05) is 24.5 Å². The zero-order chi connectivity index (χ0) is 20.1. The van der Waals surface area contributed by atoms with Crippen molar-refractivity contribution in [1.29, 1.82) is 0 Å². The van der Waals surface area contributed by atoms with Crippen molar-refractivity contribution in [3.63, 3.8) is 0 Å². The first kappa shape index (κ1) is 19.8. The molecule has 0 aliphatic heterocycles. The van der Waals surface area contributed by atoms with Crippen LogP contribution in [0.15, 0.2) is 30.6 Å². The van der Waals surface area contributed by atoms with Crippen molar-refractivity contribution in [3.05, 3.63) is 53.1 Å². The standard InChI is InChI=1S/C21H28N6O/c1-5-26(18-8-6-7-15(2)13-18)12-11-22-20(28)10-9-19-16(3)25-21-23-14-24-27(21)17(19)4/h6-8,13-14H,5,9-12H2,1-4H3,(H,22,28). The zero-order valence-corrected chi connectivity index (χ0v) is 17.1. The molecule has 0 unspecified atom stereocenters. The predicted molar refractivity (Wildman–Crippen MR) is 111 cm³/mol. The van der Waals surface area contributed by atoms with Gasteiger partial charge in [-0.05, 0) is 57.4 Å². The Hall–Kier alpha value is -2.96. The fraction of sp³-hybridized carbons (Fsp3) is 0.429. The average Bonchev–Trinajstić information content (AvgIpc) is 3.13. The molecule has 1 N–H and O–H groups in total. The highest BCUT2D eigenvalue weighted by Gasteiger charge is 2.13. The number of likely N-dealkylation sites (N-methyl/N-ethyl adjacent to an activating group) is 1. The van der Waals surface area contributed by atoms with E-state index >= 15 is 0 Å². The Morgan fingerprint density at radius 2 is 2.07 bits per heavy atom. The zero-order valence-electron chi connectivity index (χ0n) is 17.1. The Labute approximate surface area is 165 Å². The maximum atomic E-state index is 12.3. The minimum atomic E-state index is 0.0535. The Morgan fingerprint density at radius 1 is 1.25 bits per heavy atom. The third kappa shape index (κ3) is 4.47. The van der Waals surface area contributed by atoms with E-state index in [0.717, 1.165) is 30.0 Å². The lowest BCUT2D eigenvalue weighted by Gasteiger charge is -2.23. The monoisotopic (exact) mass is 380 g/mol. The largest absolute Gasteiger partial charge is 0.370 e. The van der Waals surface area contributed by atoms with Gasteiger partial charge in [0.25, 0.3) is 5.78 Å². The number of benzene rings is 1. The maximum Gasteiger partial charge on any atom is 0.252 e. The molecule has 0 saturated carbocycles. The van der Waals surface area contributed by atoms with E-state index in [-0.39, 0.29) is 5.91 Å². The molecule has 3 rings (SSSR count). The first-order valence-electron chi connectivity index (χ1n) is 9.73. The van der Waals surface area contributed by atoms with E-state index < -0.39 is 0 Å². The molecule has 2 heterocycles. The number of nitrogens with zero attached hydrogens (tertiary/aromatic N) is 5. The molecule has 1 aromatic carbocycles. The van der Waals surface area contributed by atoms with Gasteiger partial charge in [-0.25, -0.2) is 9.50 Å². The number of aromatic nitrogens is 4. The summed E-state index contributed by atoms with van der Waals surface area (Å²) in [6.45, 7) is 10.5. The number of rotatable bonds is 8. The molecule has 0 bridgehead atoms. The lowest BCUT2D eigenvalue weighted by molar-refractivity contribution is -0.121. The Kier molecular flexibility index (Phi) is 6.23. The summed E-state index contributed by atoms with van der Waals surface area (Å²) < 4.78 is 1.72. The highest BCUT2D eigenvalue weighted by Crippen LogP contribution is 2.16. The Bertz CT molecular complexity index is 965.